The molecule has 2 aliphatic rings. The van der Waals surface area contributed by atoms with Gasteiger partial charge in [-0.25, -0.2) is 8.78 Å². The van der Waals surface area contributed by atoms with Crippen LogP contribution in [-0.2, 0) is 9.59 Å². The molecule has 2 heterocycles. The minimum absolute atomic E-state index is 0.0587. The molecule has 2 saturated heterocycles. The molecule has 0 saturated carbocycles. The SMILES string of the molecule is O=C(CN1CCNC(c2ccccc2)C1=O)N1CCN(C(c2ccc(F)cc2)c2ccc(F)cc2)CC1. The van der Waals surface area contributed by atoms with Gasteiger partial charge in [0, 0.05) is 39.3 Å². The smallest absolute Gasteiger partial charge is 0.244 e. The van der Waals surface area contributed by atoms with Crippen LogP contribution in [0, 0.1) is 11.6 Å². The van der Waals surface area contributed by atoms with Crippen LogP contribution in [0.4, 0.5) is 8.78 Å². The van der Waals surface area contributed by atoms with E-state index < -0.39 is 6.04 Å². The third-order valence-corrected chi connectivity index (χ3v) is 7.15. The Morgan fingerprint density at radius 1 is 0.811 bits per heavy atom. The maximum atomic E-state index is 13.6. The summed E-state index contributed by atoms with van der Waals surface area (Å²) >= 11 is 0. The Balaban J connectivity index is 1.24. The fraction of sp³-hybridized carbons (Fsp3) is 0.310. The van der Waals surface area contributed by atoms with Crippen molar-refractivity contribution in [2.45, 2.75) is 12.1 Å². The molecule has 1 N–H and O–H groups in total. The van der Waals surface area contributed by atoms with Crippen molar-refractivity contribution in [2.24, 2.45) is 0 Å². The maximum Gasteiger partial charge on any atom is 0.244 e. The van der Waals surface area contributed by atoms with Crippen LogP contribution in [0.15, 0.2) is 78.9 Å². The minimum Gasteiger partial charge on any atom is -0.339 e. The highest BCUT2D eigenvalue weighted by atomic mass is 19.1. The highest BCUT2D eigenvalue weighted by molar-refractivity contribution is 5.89. The van der Waals surface area contributed by atoms with Gasteiger partial charge in [-0.2, -0.15) is 0 Å². The average molecular weight is 505 g/mol. The first-order valence-electron chi connectivity index (χ1n) is 12.6. The summed E-state index contributed by atoms with van der Waals surface area (Å²) in [4.78, 5) is 31.9. The molecular formula is C29H30F2N4O2. The molecule has 3 aromatic rings. The summed E-state index contributed by atoms with van der Waals surface area (Å²) in [6.45, 7) is 3.42. The van der Waals surface area contributed by atoms with Gasteiger partial charge >= 0.3 is 0 Å². The van der Waals surface area contributed by atoms with Gasteiger partial charge in [0.15, 0.2) is 0 Å². The molecule has 37 heavy (non-hydrogen) atoms. The zero-order valence-corrected chi connectivity index (χ0v) is 20.5. The summed E-state index contributed by atoms with van der Waals surface area (Å²) < 4.78 is 27.2. The molecule has 3 aromatic carbocycles. The van der Waals surface area contributed by atoms with Crippen LogP contribution >= 0.6 is 0 Å². The molecule has 5 rings (SSSR count). The third kappa shape index (κ3) is 5.70. The Kier molecular flexibility index (Phi) is 7.58. The molecule has 0 bridgehead atoms. The number of nitrogens with one attached hydrogen (secondary N) is 1. The Morgan fingerprint density at radius 3 is 1.95 bits per heavy atom. The lowest BCUT2D eigenvalue weighted by molar-refractivity contribution is -0.144. The number of carbonyl (C=O) groups excluding carboxylic acids is 2. The van der Waals surface area contributed by atoms with Crippen LogP contribution in [0.3, 0.4) is 0 Å². The van der Waals surface area contributed by atoms with E-state index in [1.165, 1.54) is 24.3 Å². The Hall–Kier alpha value is -3.62. The number of nitrogens with zero attached hydrogens (tertiary/aromatic N) is 3. The number of benzene rings is 3. The van der Waals surface area contributed by atoms with E-state index in [9.17, 15) is 18.4 Å². The predicted octanol–water partition coefficient (Wildman–Crippen LogP) is 3.37. The summed E-state index contributed by atoms with van der Waals surface area (Å²) in [6, 6.07) is 21.6. The van der Waals surface area contributed by atoms with E-state index in [1.54, 1.807) is 34.1 Å². The highest BCUT2D eigenvalue weighted by Gasteiger charge is 2.33. The van der Waals surface area contributed by atoms with Gasteiger partial charge in [-0.3, -0.25) is 14.5 Å². The van der Waals surface area contributed by atoms with E-state index in [4.69, 9.17) is 0 Å². The van der Waals surface area contributed by atoms with Gasteiger partial charge in [-0.05, 0) is 41.0 Å². The van der Waals surface area contributed by atoms with Gasteiger partial charge in [0.05, 0.1) is 12.6 Å². The van der Waals surface area contributed by atoms with Crippen LogP contribution in [0.1, 0.15) is 28.8 Å². The van der Waals surface area contributed by atoms with E-state index >= 15 is 0 Å². The monoisotopic (exact) mass is 504 g/mol. The van der Waals surface area contributed by atoms with Gasteiger partial charge in [-0.15, -0.1) is 0 Å². The number of halogens is 2. The summed E-state index contributed by atoms with van der Waals surface area (Å²) in [5.41, 5.74) is 2.71. The molecule has 1 atom stereocenters. The predicted molar refractivity (Wildman–Crippen MR) is 137 cm³/mol. The van der Waals surface area contributed by atoms with E-state index in [0.29, 0.717) is 39.3 Å². The summed E-state index contributed by atoms with van der Waals surface area (Å²) in [5, 5.41) is 3.25. The van der Waals surface area contributed by atoms with Crippen molar-refractivity contribution in [1.82, 2.24) is 20.0 Å². The number of carbonyl (C=O) groups is 2. The third-order valence-electron chi connectivity index (χ3n) is 7.15. The molecule has 0 spiro atoms. The normalized spacial score (nSPS) is 18.9. The van der Waals surface area contributed by atoms with E-state index in [0.717, 1.165) is 16.7 Å². The van der Waals surface area contributed by atoms with Crippen molar-refractivity contribution in [3.8, 4) is 0 Å². The van der Waals surface area contributed by atoms with Crippen molar-refractivity contribution in [1.29, 1.82) is 0 Å². The van der Waals surface area contributed by atoms with E-state index in [2.05, 4.69) is 10.2 Å². The maximum absolute atomic E-state index is 13.6. The first kappa shape index (κ1) is 25.0. The number of piperazine rings is 2. The molecule has 2 amide bonds. The first-order valence-corrected chi connectivity index (χ1v) is 12.6. The van der Waals surface area contributed by atoms with Crippen LogP contribution in [0.5, 0.6) is 0 Å². The van der Waals surface area contributed by atoms with Crippen molar-refractivity contribution in [3.05, 3.63) is 107 Å². The topological polar surface area (TPSA) is 55.9 Å². The summed E-state index contributed by atoms with van der Waals surface area (Å²) in [7, 11) is 0. The lowest BCUT2D eigenvalue weighted by Crippen LogP contribution is -2.56. The van der Waals surface area contributed by atoms with E-state index in [1.807, 2.05) is 30.3 Å². The van der Waals surface area contributed by atoms with Gasteiger partial charge in [0.25, 0.3) is 0 Å². The number of hydrogen-bond acceptors (Lipinski definition) is 4. The highest BCUT2D eigenvalue weighted by Crippen LogP contribution is 2.30. The number of amides is 2. The first-order chi connectivity index (χ1) is 18.0. The van der Waals surface area contributed by atoms with E-state index in [-0.39, 0.29) is 36.0 Å². The fourth-order valence-corrected chi connectivity index (χ4v) is 5.18. The van der Waals surface area contributed by atoms with Gasteiger partial charge in [0.2, 0.25) is 11.8 Å². The lowest BCUT2D eigenvalue weighted by atomic mass is 9.96. The summed E-state index contributed by atoms with van der Waals surface area (Å²) in [5.74, 6) is -0.776. The van der Waals surface area contributed by atoms with Gasteiger partial charge in [-0.1, -0.05) is 54.6 Å². The molecule has 2 fully saturated rings. The van der Waals surface area contributed by atoms with Crippen molar-refractivity contribution in [2.75, 3.05) is 45.8 Å². The fourth-order valence-electron chi connectivity index (χ4n) is 5.18. The molecule has 0 aromatic heterocycles. The zero-order chi connectivity index (χ0) is 25.8. The van der Waals surface area contributed by atoms with Crippen molar-refractivity contribution < 1.29 is 18.4 Å². The van der Waals surface area contributed by atoms with Gasteiger partial charge in [0.1, 0.15) is 17.7 Å². The molecule has 2 aliphatic heterocycles. The second kappa shape index (κ2) is 11.2. The largest absolute Gasteiger partial charge is 0.339 e. The summed E-state index contributed by atoms with van der Waals surface area (Å²) in [6.07, 6.45) is 0. The molecular weight excluding hydrogens is 474 g/mol. The van der Waals surface area contributed by atoms with Crippen molar-refractivity contribution >= 4 is 11.8 Å². The second-order valence-corrected chi connectivity index (χ2v) is 9.48. The number of hydrogen-bond donors (Lipinski definition) is 1. The Morgan fingerprint density at radius 2 is 1.38 bits per heavy atom. The van der Waals surface area contributed by atoms with Crippen LogP contribution < -0.4 is 5.32 Å². The van der Waals surface area contributed by atoms with Crippen molar-refractivity contribution in [3.63, 3.8) is 0 Å². The molecule has 192 valence electrons. The number of rotatable bonds is 6. The molecule has 8 heteroatoms. The lowest BCUT2D eigenvalue weighted by Gasteiger charge is -2.41. The molecule has 0 aliphatic carbocycles. The Labute approximate surface area is 215 Å². The van der Waals surface area contributed by atoms with Crippen LogP contribution in [-0.4, -0.2) is 72.3 Å². The molecule has 6 nitrogen and oxygen atoms in total. The standard InChI is InChI=1S/C29H30F2N4O2/c30-24-10-6-22(7-11-24)28(23-8-12-25(31)13-9-23)34-18-16-33(17-19-34)26(36)20-35-15-14-32-27(29(35)37)21-4-2-1-3-5-21/h1-13,27-28,32H,14-20H2. The van der Waals surface area contributed by atoms with Crippen LogP contribution in [0.25, 0.3) is 0 Å². The molecule has 1 unspecified atom stereocenters. The minimum atomic E-state index is -0.438. The second-order valence-electron chi connectivity index (χ2n) is 9.48. The molecule has 0 radical (unpaired) electrons. The Bertz CT molecular complexity index is 1170. The average Bonchev–Trinajstić information content (AvgIpc) is 2.93. The zero-order valence-electron chi connectivity index (χ0n) is 20.5. The van der Waals surface area contributed by atoms with Gasteiger partial charge < -0.3 is 15.1 Å². The van der Waals surface area contributed by atoms with Crippen LogP contribution in [0.2, 0.25) is 0 Å². The quantitative estimate of drug-likeness (QED) is 0.560.